The van der Waals surface area contributed by atoms with Crippen LogP contribution >= 0.6 is 0 Å². The third kappa shape index (κ3) is 4.03. The third-order valence-electron chi connectivity index (χ3n) is 3.20. The molecule has 8 nitrogen and oxygen atoms in total. The Kier molecular flexibility index (Phi) is 5.78. The number of esters is 1. The van der Waals surface area contributed by atoms with Crippen molar-refractivity contribution in [3.8, 4) is 17.2 Å². The molecule has 0 N–H and O–H groups in total. The van der Waals surface area contributed by atoms with Crippen molar-refractivity contribution in [1.82, 2.24) is 10.3 Å². The van der Waals surface area contributed by atoms with Gasteiger partial charge in [-0.1, -0.05) is 10.3 Å². The van der Waals surface area contributed by atoms with Crippen LogP contribution in [-0.2, 0) is 16.1 Å². The van der Waals surface area contributed by atoms with Crippen molar-refractivity contribution >= 4 is 12.0 Å². The minimum absolute atomic E-state index is 0.00619. The number of benzene rings is 1. The van der Waals surface area contributed by atoms with Gasteiger partial charge in [0.1, 0.15) is 18.0 Å². The van der Waals surface area contributed by atoms with Crippen LogP contribution in [0.25, 0.3) is 6.08 Å². The lowest BCUT2D eigenvalue weighted by atomic mass is 10.1. The van der Waals surface area contributed by atoms with Crippen molar-refractivity contribution < 1.29 is 28.4 Å². The molecule has 1 aromatic heterocycles. The Morgan fingerprint density at radius 3 is 2.29 bits per heavy atom. The molecule has 0 fully saturated rings. The molecule has 0 unspecified atom stereocenters. The summed E-state index contributed by atoms with van der Waals surface area (Å²) in [4.78, 5) is 11.8. The molecule has 0 radical (unpaired) electrons. The largest absolute Gasteiger partial charge is 0.493 e. The first kappa shape index (κ1) is 17.3. The number of hydrogen-bond acceptors (Lipinski definition) is 8. The molecule has 0 atom stereocenters. The minimum Gasteiger partial charge on any atom is -0.493 e. The molecule has 0 aliphatic carbocycles. The summed E-state index contributed by atoms with van der Waals surface area (Å²) in [5.74, 6) is 0.947. The fourth-order valence-corrected chi connectivity index (χ4v) is 1.93. The van der Waals surface area contributed by atoms with Crippen molar-refractivity contribution in [3.05, 3.63) is 35.2 Å². The molecular formula is C16H18N2O6. The third-order valence-corrected chi connectivity index (χ3v) is 3.20. The van der Waals surface area contributed by atoms with Crippen molar-refractivity contribution in [2.75, 3.05) is 21.3 Å². The van der Waals surface area contributed by atoms with E-state index in [4.69, 9.17) is 18.9 Å². The number of ether oxygens (including phenoxy) is 4. The topological polar surface area (TPSA) is 92.9 Å². The van der Waals surface area contributed by atoms with E-state index in [2.05, 4.69) is 14.9 Å². The van der Waals surface area contributed by atoms with Crippen molar-refractivity contribution in [3.63, 3.8) is 0 Å². The van der Waals surface area contributed by atoms with Gasteiger partial charge in [0.15, 0.2) is 11.5 Å². The van der Waals surface area contributed by atoms with Crippen LogP contribution in [0.1, 0.15) is 17.0 Å². The summed E-state index contributed by atoms with van der Waals surface area (Å²) in [6.45, 7) is 1.71. The smallest absolute Gasteiger partial charge is 0.331 e. The highest BCUT2D eigenvalue weighted by atomic mass is 16.6. The molecular weight excluding hydrogens is 316 g/mol. The van der Waals surface area contributed by atoms with Gasteiger partial charge in [0, 0.05) is 6.08 Å². The Morgan fingerprint density at radius 1 is 1.12 bits per heavy atom. The average molecular weight is 334 g/mol. The Hall–Kier alpha value is -3.03. The summed E-state index contributed by atoms with van der Waals surface area (Å²) in [5, 5.41) is 7.24. The van der Waals surface area contributed by atoms with Crippen LogP contribution in [0, 0.1) is 6.92 Å². The van der Waals surface area contributed by atoms with Gasteiger partial charge in [-0.15, -0.1) is 0 Å². The summed E-state index contributed by atoms with van der Waals surface area (Å²) in [5.41, 5.74) is 1.75. The maximum absolute atomic E-state index is 11.8. The number of carbonyl (C=O) groups excluding carboxylic acids is 1. The first-order chi connectivity index (χ1) is 11.6. The van der Waals surface area contributed by atoms with E-state index in [1.807, 2.05) is 0 Å². The van der Waals surface area contributed by atoms with Crippen molar-refractivity contribution in [2.24, 2.45) is 0 Å². The molecule has 0 spiro atoms. The second-order valence-electron chi connectivity index (χ2n) is 4.70. The van der Waals surface area contributed by atoms with E-state index in [1.54, 1.807) is 25.1 Å². The molecule has 1 heterocycles. The molecule has 8 heteroatoms. The quantitative estimate of drug-likeness (QED) is 0.562. The predicted octanol–water partition coefficient (Wildman–Crippen LogP) is 2.16. The Balaban J connectivity index is 2.07. The fourth-order valence-electron chi connectivity index (χ4n) is 1.93. The van der Waals surface area contributed by atoms with Crippen LogP contribution < -0.4 is 14.2 Å². The maximum atomic E-state index is 11.8. The lowest BCUT2D eigenvalue weighted by Crippen LogP contribution is -2.02. The number of aryl methyl sites for hydroxylation is 1. The zero-order valence-electron chi connectivity index (χ0n) is 13.9. The summed E-state index contributed by atoms with van der Waals surface area (Å²) in [6.07, 6.45) is 2.88. The van der Waals surface area contributed by atoms with Gasteiger partial charge in [0.2, 0.25) is 5.75 Å². The summed E-state index contributed by atoms with van der Waals surface area (Å²) >= 11 is 0. The lowest BCUT2D eigenvalue weighted by Gasteiger charge is -2.12. The van der Waals surface area contributed by atoms with Gasteiger partial charge >= 0.3 is 5.97 Å². The number of carbonyl (C=O) groups is 1. The second kappa shape index (κ2) is 8.00. The average Bonchev–Trinajstić information content (AvgIpc) is 3.01. The van der Waals surface area contributed by atoms with Gasteiger partial charge < -0.3 is 18.9 Å². The zero-order valence-corrected chi connectivity index (χ0v) is 13.9. The van der Waals surface area contributed by atoms with E-state index < -0.39 is 5.97 Å². The van der Waals surface area contributed by atoms with Crippen molar-refractivity contribution in [2.45, 2.75) is 13.5 Å². The molecule has 0 bridgehead atoms. The SMILES string of the molecule is COc1cc(/C=C/C(=O)OCc2nonc2C)cc(OC)c1OC. The highest BCUT2D eigenvalue weighted by Crippen LogP contribution is 2.38. The fraction of sp³-hybridized carbons (Fsp3) is 0.312. The zero-order chi connectivity index (χ0) is 17.5. The molecule has 0 saturated heterocycles. The molecule has 1 aromatic carbocycles. The second-order valence-corrected chi connectivity index (χ2v) is 4.70. The molecule has 0 aliphatic heterocycles. The number of nitrogens with zero attached hydrogens (tertiary/aromatic N) is 2. The van der Waals surface area contributed by atoms with E-state index in [9.17, 15) is 4.79 Å². The summed E-state index contributed by atoms with van der Waals surface area (Å²) in [7, 11) is 4.56. The summed E-state index contributed by atoms with van der Waals surface area (Å²) in [6, 6.07) is 3.44. The minimum atomic E-state index is -0.522. The number of hydrogen-bond donors (Lipinski definition) is 0. The predicted molar refractivity (Wildman–Crippen MR) is 84.0 cm³/mol. The normalized spacial score (nSPS) is 10.7. The first-order valence-corrected chi connectivity index (χ1v) is 7.02. The van der Waals surface area contributed by atoms with Gasteiger partial charge in [0.05, 0.1) is 21.3 Å². The molecule has 0 amide bonds. The van der Waals surface area contributed by atoms with Gasteiger partial charge in [-0.2, -0.15) is 0 Å². The first-order valence-electron chi connectivity index (χ1n) is 7.02. The van der Waals surface area contributed by atoms with Crippen LogP contribution in [0.5, 0.6) is 17.2 Å². The molecule has 2 aromatic rings. The van der Waals surface area contributed by atoms with E-state index in [-0.39, 0.29) is 6.61 Å². The van der Waals surface area contributed by atoms with Crippen LogP contribution in [-0.4, -0.2) is 37.6 Å². The standard InChI is InChI=1S/C16H18N2O6/c1-10-12(18-24-17-10)9-23-15(19)6-5-11-7-13(20-2)16(22-4)14(8-11)21-3/h5-8H,9H2,1-4H3/b6-5+. The molecule has 128 valence electrons. The van der Waals surface area contributed by atoms with Gasteiger partial charge in [-0.05, 0) is 30.7 Å². The van der Waals surface area contributed by atoms with E-state index in [0.717, 1.165) is 0 Å². The molecule has 2 rings (SSSR count). The Bertz CT molecular complexity index is 713. The molecule has 0 aliphatic rings. The van der Waals surface area contributed by atoms with Crippen LogP contribution in [0.15, 0.2) is 22.8 Å². The highest BCUT2D eigenvalue weighted by molar-refractivity contribution is 5.87. The van der Waals surface area contributed by atoms with Crippen molar-refractivity contribution in [1.29, 1.82) is 0 Å². The molecule has 24 heavy (non-hydrogen) atoms. The molecule has 0 saturated carbocycles. The van der Waals surface area contributed by atoms with Crippen LogP contribution in [0.2, 0.25) is 0 Å². The van der Waals surface area contributed by atoms with Crippen LogP contribution in [0.4, 0.5) is 0 Å². The van der Waals surface area contributed by atoms with Crippen LogP contribution in [0.3, 0.4) is 0 Å². The van der Waals surface area contributed by atoms with Gasteiger partial charge in [-0.3, -0.25) is 0 Å². The number of rotatable bonds is 7. The summed E-state index contributed by atoms with van der Waals surface area (Å²) < 4.78 is 25.4. The Labute approximate surface area is 138 Å². The lowest BCUT2D eigenvalue weighted by molar-refractivity contribution is -0.139. The monoisotopic (exact) mass is 334 g/mol. The van der Waals surface area contributed by atoms with Gasteiger partial charge in [-0.25, -0.2) is 9.42 Å². The van der Waals surface area contributed by atoms with E-state index >= 15 is 0 Å². The van der Waals surface area contributed by atoms with Gasteiger partial charge in [0.25, 0.3) is 0 Å². The Morgan fingerprint density at radius 2 is 1.79 bits per heavy atom. The number of methoxy groups -OCH3 is 3. The number of aromatic nitrogens is 2. The van der Waals surface area contributed by atoms with E-state index in [0.29, 0.717) is 34.2 Å². The van der Waals surface area contributed by atoms with E-state index in [1.165, 1.54) is 27.4 Å². The highest BCUT2D eigenvalue weighted by Gasteiger charge is 2.12. The maximum Gasteiger partial charge on any atom is 0.331 e.